The fourth-order valence-electron chi connectivity index (χ4n) is 2.18. The molecule has 0 spiro atoms. The van der Waals surface area contributed by atoms with E-state index in [0.29, 0.717) is 12.1 Å². The summed E-state index contributed by atoms with van der Waals surface area (Å²) in [5.74, 6) is 0.541. The number of hydrogen-bond donors (Lipinski definition) is 2. The lowest BCUT2D eigenvalue weighted by Gasteiger charge is -2.18. The third-order valence-corrected chi connectivity index (χ3v) is 3.58. The summed E-state index contributed by atoms with van der Waals surface area (Å²) in [4.78, 5) is 8.55. The van der Waals surface area contributed by atoms with Gasteiger partial charge in [0.15, 0.2) is 5.96 Å². The lowest BCUT2D eigenvalue weighted by Crippen LogP contribution is -2.39. The second-order valence-electron chi connectivity index (χ2n) is 5.44. The van der Waals surface area contributed by atoms with Gasteiger partial charge in [0.05, 0.1) is 18.9 Å². The van der Waals surface area contributed by atoms with Gasteiger partial charge >= 0.3 is 0 Å². The summed E-state index contributed by atoms with van der Waals surface area (Å²) < 4.78 is 15.7. The zero-order valence-electron chi connectivity index (χ0n) is 14.3. The van der Waals surface area contributed by atoms with E-state index in [1.165, 1.54) is 0 Å². The number of guanidine groups is 1. The predicted molar refractivity (Wildman–Crippen MR) is 106 cm³/mol. The van der Waals surface area contributed by atoms with Gasteiger partial charge in [-0.2, -0.15) is 0 Å². The summed E-state index contributed by atoms with van der Waals surface area (Å²) in [7, 11) is 0. The Bertz CT molecular complexity index is 642. The highest BCUT2D eigenvalue weighted by molar-refractivity contribution is 14.0. The number of aliphatic imine (C=N–C) groups is 1. The van der Waals surface area contributed by atoms with E-state index in [4.69, 9.17) is 0 Å². The molecule has 0 bridgehead atoms. The maximum Gasteiger partial charge on any atom is 0.191 e. The van der Waals surface area contributed by atoms with Crippen molar-refractivity contribution >= 4 is 29.9 Å². The van der Waals surface area contributed by atoms with Crippen molar-refractivity contribution in [2.24, 2.45) is 4.99 Å². The molecule has 1 unspecified atom stereocenters. The molecule has 2 rings (SSSR count). The minimum Gasteiger partial charge on any atom is -0.357 e. The molecule has 0 radical (unpaired) electrons. The van der Waals surface area contributed by atoms with Crippen LogP contribution < -0.4 is 10.6 Å². The second kappa shape index (κ2) is 10.3. The van der Waals surface area contributed by atoms with Crippen LogP contribution in [0.3, 0.4) is 0 Å². The standard InChI is InChI=1S/C17H24FN5.HI/c1-4-20-17(21-8-10-23-9-7-19-12-23)22-14(3)15-6-5-13(2)16(18)11-15;/h5-7,9,11-12,14H,4,8,10H2,1-3H3,(H2,20,21,22);1H. The average molecular weight is 445 g/mol. The summed E-state index contributed by atoms with van der Waals surface area (Å²) in [6.07, 6.45) is 5.43. The lowest BCUT2D eigenvalue weighted by atomic mass is 10.1. The molecule has 7 heteroatoms. The van der Waals surface area contributed by atoms with Gasteiger partial charge in [-0.3, -0.25) is 4.99 Å². The topological polar surface area (TPSA) is 54.2 Å². The molecule has 1 atom stereocenters. The van der Waals surface area contributed by atoms with Gasteiger partial charge in [-0.1, -0.05) is 12.1 Å². The fourth-order valence-corrected chi connectivity index (χ4v) is 2.18. The highest BCUT2D eigenvalue weighted by atomic mass is 127. The van der Waals surface area contributed by atoms with Crippen molar-refractivity contribution in [2.75, 3.05) is 13.1 Å². The number of hydrogen-bond acceptors (Lipinski definition) is 2. The van der Waals surface area contributed by atoms with E-state index < -0.39 is 0 Å². The Hall–Kier alpha value is -1.64. The van der Waals surface area contributed by atoms with E-state index in [1.54, 1.807) is 31.6 Å². The Morgan fingerprint density at radius 2 is 2.21 bits per heavy atom. The van der Waals surface area contributed by atoms with Crippen LogP contribution in [-0.4, -0.2) is 28.6 Å². The first-order valence-corrected chi connectivity index (χ1v) is 7.86. The van der Waals surface area contributed by atoms with Gasteiger partial charge in [0, 0.05) is 25.5 Å². The molecule has 2 N–H and O–H groups in total. The summed E-state index contributed by atoms with van der Waals surface area (Å²) in [6, 6.07) is 5.27. The second-order valence-corrected chi connectivity index (χ2v) is 5.44. The number of rotatable bonds is 6. The van der Waals surface area contributed by atoms with E-state index in [9.17, 15) is 4.39 Å². The quantitative estimate of drug-likeness (QED) is 0.408. The van der Waals surface area contributed by atoms with Gasteiger partial charge in [0.25, 0.3) is 0 Å². The molecule has 0 fully saturated rings. The smallest absolute Gasteiger partial charge is 0.191 e. The van der Waals surface area contributed by atoms with Gasteiger partial charge < -0.3 is 15.2 Å². The third-order valence-electron chi connectivity index (χ3n) is 3.58. The normalized spacial score (nSPS) is 12.4. The Morgan fingerprint density at radius 3 is 2.83 bits per heavy atom. The van der Waals surface area contributed by atoms with Gasteiger partial charge in [0.2, 0.25) is 0 Å². The zero-order chi connectivity index (χ0) is 16.7. The first-order chi connectivity index (χ1) is 11.1. The number of halogens is 2. The van der Waals surface area contributed by atoms with Crippen molar-refractivity contribution in [3.63, 3.8) is 0 Å². The number of imidazole rings is 1. The average Bonchev–Trinajstić information content (AvgIpc) is 3.03. The van der Waals surface area contributed by atoms with Crippen molar-refractivity contribution in [1.82, 2.24) is 20.2 Å². The maximum atomic E-state index is 13.7. The third kappa shape index (κ3) is 6.10. The summed E-state index contributed by atoms with van der Waals surface area (Å²) in [6.45, 7) is 7.95. The maximum absolute atomic E-state index is 13.7. The minimum absolute atomic E-state index is 0. The number of aromatic nitrogens is 2. The molecule has 1 aromatic carbocycles. The van der Waals surface area contributed by atoms with Crippen LogP contribution in [0.5, 0.6) is 0 Å². The monoisotopic (exact) mass is 445 g/mol. The molecule has 0 saturated heterocycles. The first kappa shape index (κ1) is 20.4. The van der Waals surface area contributed by atoms with Gasteiger partial charge in [0.1, 0.15) is 5.82 Å². The molecular formula is C17H25FIN5. The van der Waals surface area contributed by atoms with Gasteiger partial charge in [-0.25, -0.2) is 9.37 Å². The predicted octanol–water partition coefficient (Wildman–Crippen LogP) is 3.26. The van der Waals surface area contributed by atoms with Crippen molar-refractivity contribution in [3.8, 4) is 0 Å². The van der Waals surface area contributed by atoms with Crippen LogP contribution in [0.2, 0.25) is 0 Å². The molecule has 0 aliphatic carbocycles. The molecule has 1 heterocycles. The molecule has 24 heavy (non-hydrogen) atoms. The number of aryl methyl sites for hydroxylation is 1. The molecule has 0 amide bonds. The lowest BCUT2D eigenvalue weighted by molar-refractivity contribution is 0.607. The van der Waals surface area contributed by atoms with Crippen LogP contribution in [0, 0.1) is 12.7 Å². The Morgan fingerprint density at radius 1 is 1.42 bits per heavy atom. The molecule has 0 saturated carbocycles. The van der Waals surface area contributed by atoms with E-state index in [2.05, 4.69) is 20.6 Å². The van der Waals surface area contributed by atoms with Crippen molar-refractivity contribution < 1.29 is 4.39 Å². The minimum atomic E-state index is -0.182. The highest BCUT2D eigenvalue weighted by Gasteiger charge is 2.09. The van der Waals surface area contributed by atoms with E-state index in [0.717, 1.165) is 24.6 Å². The molecular weight excluding hydrogens is 420 g/mol. The number of nitrogens with zero attached hydrogens (tertiary/aromatic N) is 3. The molecule has 2 aromatic rings. The SMILES string of the molecule is CCNC(=NCCn1ccnc1)NC(C)c1ccc(C)c(F)c1.I. The highest BCUT2D eigenvalue weighted by Crippen LogP contribution is 2.16. The molecule has 132 valence electrons. The first-order valence-electron chi connectivity index (χ1n) is 7.86. The molecule has 5 nitrogen and oxygen atoms in total. The van der Waals surface area contributed by atoms with Crippen molar-refractivity contribution in [1.29, 1.82) is 0 Å². The number of nitrogens with one attached hydrogen (secondary N) is 2. The molecule has 0 aliphatic rings. The van der Waals surface area contributed by atoms with E-state index >= 15 is 0 Å². The van der Waals surface area contributed by atoms with Crippen LogP contribution >= 0.6 is 24.0 Å². The van der Waals surface area contributed by atoms with Crippen molar-refractivity contribution in [3.05, 3.63) is 53.9 Å². The van der Waals surface area contributed by atoms with Crippen LogP contribution in [0.15, 0.2) is 41.9 Å². The van der Waals surface area contributed by atoms with Crippen LogP contribution in [0.25, 0.3) is 0 Å². The Labute approximate surface area is 159 Å². The zero-order valence-corrected chi connectivity index (χ0v) is 16.6. The molecule has 1 aromatic heterocycles. The Balaban J connectivity index is 0.00000288. The van der Waals surface area contributed by atoms with E-state index in [1.807, 2.05) is 30.7 Å². The van der Waals surface area contributed by atoms with Gasteiger partial charge in [-0.15, -0.1) is 24.0 Å². The van der Waals surface area contributed by atoms with Crippen molar-refractivity contribution in [2.45, 2.75) is 33.4 Å². The van der Waals surface area contributed by atoms with Crippen LogP contribution in [-0.2, 0) is 6.54 Å². The van der Waals surface area contributed by atoms with Gasteiger partial charge in [-0.05, 0) is 38.0 Å². The molecule has 0 aliphatic heterocycles. The van der Waals surface area contributed by atoms with Crippen LogP contribution in [0.1, 0.15) is 31.0 Å². The largest absolute Gasteiger partial charge is 0.357 e. The van der Waals surface area contributed by atoms with Crippen LogP contribution in [0.4, 0.5) is 4.39 Å². The van der Waals surface area contributed by atoms with E-state index in [-0.39, 0.29) is 35.8 Å². The summed E-state index contributed by atoms with van der Waals surface area (Å²) in [5, 5.41) is 6.52. The Kier molecular flexibility index (Phi) is 8.73. The summed E-state index contributed by atoms with van der Waals surface area (Å²) in [5.41, 5.74) is 1.55. The number of benzene rings is 1. The fraction of sp³-hybridized carbons (Fsp3) is 0.412. The summed E-state index contributed by atoms with van der Waals surface area (Å²) >= 11 is 0.